The van der Waals surface area contributed by atoms with E-state index >= 15 is 0 Å². The molecule has 2 aromatic rings. The maximum absolute atomic E-state index is 13.9. The lowest BCUT2D eigenvalue weighted by Crippen LogP contribution is -2.10. The van der Waals surface area contributed by atoms with Crippen LogP contribution in [0.2, 0.25) is 0 Å². The van der Waals surface area contributed by atoms with E-state index in [0.717, 1.165) is 0 Å². The third kappa shape index (κ3) is 3.22. The van der Waals surface area contributed by atoms with Gasteiger partial charge in [-0.3, -0.25) is 0 Å². The fourth-order valence-electron chi connectivity index (χ4n) is 2.03. The summed E-state index contributed by atoms with van der Waals surface area (Å²) in [4.78, 5) is 0. The van der Waals surface area contributed by atoms with Crippen LogP contribution in [0.5, 0.6) is 0 Å². The summed E-state index contributed by atoms with van der Waals surface area (Å²) in [7, 11) is 0. The van der Waals surface area contributed by atoms with Crippen molar-refractivity contribution >= 4 is 15.9 Å². The average molecular weight is 345 g/mol. The molecule has 2 rings (SSSR count). The lowest BCUT2D eigenvalue weighted by molar-refractivity contribution is 0.262. The molecular weight excluding hydrogens is 333 g/mol. The fourth-order valence-corrected chi connectivity index (χ4v) is 2.40. The van der Waals surface area contributed by atoms with Crippen LogP contribution in [0.1, 0.15) is 17.0 Å². The Kier molecular flexibility index (Phi) is 4.83. The second-order valence-corrected chi connectivity index (χ2v) is 5.31. The zero-order valence-corrected chi connectivity index (χ0v) is 12.0. The molecular formula is C15H12BrF3O. The Morgan fingerprint density at radius 1 is 1.00 bits per heavy atom. The monoisotopic (exact) mass is 344 g/mol. The summed E-state index contributed by atoms with van der Waals surface area (Å²) >= 11 is 3.00. The molecule has 0 saturated carbocycles. The Balaban J connectivity index is 2.31. The SMILES string of the molecule is OCC(Cc1c(F)ccc(Br)c1F)c1ccc(F)cc1. The van der Waals surface area contributed by atoms with Gasteiger partial charge in [-0.1, -0.05) is 12.1 Å². The normalized spacial score (nSPS) is 12.4. The average Bonchev–Trinajstić information content (AvgIpc) is 2.45. The molecule has 1 nitrogen and oxygen atoms in total. The molecule has 1 unspecified atom stereocenters. The van der Waals surface area contributed by atoms with Crippen molar-refractivity contribution < 1.29 is 18.3 Å². The van der Waals surface area contributed by atoms with E-state index in [-0.39, 0.29) is 23.1 Å². The molecule has 0 bridgehead atoms. The van der Waals surface area contributed by atoms with Gasteiger partial charge in [0.2, 0.25) is 0 Å². The molecule has 0 amide bonds. The van der Waals surface area contributed by atoms with Crippen LogP contribution >= 0.6 is 15.9 Å². The van der Waals surface area contributed by atoms with E-state index in [1.165, 1.54) is 36.4 Å². The van der Waals surface area contributed by atoms with Gasteiger partial charge in [-0.25, -0.2) is 13.2 Å². The Morgan fingerprint density at radius 2 is 1.65 bits per heavy atom. The van der Waals surface area contributed by atoms with Crippen molar-refractivity contribution in [2.24, 2.45) is 0 Å². The number of rotatable bonds is 4. The van der Waals surface area contributed by atoms with Crippen molar-refractivity contribution in [3.05, 3.63) is 69.4 Å². The highest BCUT2D eigenvalue weighted by Crippen LogP contribution is 2.27. The predicted octanol–water partition coefficient (Wildman–Crippen LogP) is 4.19. The van der Waals surface area contributed by atoms with Gasteiger partial charge in [-0.05, 0) is 52.2 Å². The minimum Gasteiger partial charge on any atom is -0.396 e. The van der Waals surface area contributed by atoms with Crippen molar-refractivity contribution in [2.45, 2.75) is 12.3 Å². The molecule has 0 aliphatic rings. The molecule has 0 spiro atoms. The Labute approximate surface area is 123 Å². The van der Waals surface area contributed by atoms with Crippen molar-refractivity contribution in [3.8, 4) is 0 Å². The van der Waals surface area contributed by atoms with Crippen molar-refractivity contribution in [2.75, 3.05) is 6.61 Å². The summed E-state index contributed by atoms with van der Waals surface area (Å²) < 4.78 is 40.7. The number of hydrogen-bond donors (Lipinski definition) is 1. The Morgan fingerprint density at radius 3 is 2.25 bits per heavy atom. The standard InChI is InChI=1S/C15H12BrF3O/c16-13-5-6-14(18)12(15(13)19)7-10(8-20)9-1-3-11(17)4-2-9/h1-6,10,20H,7-8H2. The lowest BCUT2D eigenvalue weighted by atomic mass is 9.92. The first-order chi connectivity index (χ1) is 9.52. The first kappa shape index (κ1) is 15.1. The molecule has 0 fully saturated rings. The van der Waals surface area contributed by atoms with Gasteiger partial charge in [0.05, 0.1) is 11.1 Å². The van der Waals surface area contributed by atoms with Gasteiger partial charge in [0.25, 0.3) is 0 Å². The van der Waals surface area contributed by atoms with Crippen molar-refractivity contribution in [1.29, 1.82) is 0 Å². The van der Waals surface area contributed by atoms with E-state index in [4.69, 9.17) is 0 Å². The van der Waals surface area contributed by atoms with E-state index in [1.807, 2.05) is 0 Å². The third-order valence-electron chi connectivity index (χ3n) is 3.15. The number of aliphatic hydroxyl groups is 1. The summed E-state index contributed by atoms with van der Waals surface area (Å²) in [6.07, 6.45) is -0.000755. The van der Waals surface area contributed by atoms with Crippen LogP contribution in [0.4, 0.5) is 13.2 Å². The third-order valence-corrected chi connectivity index (χ3v) is 3.76. The van der Waals surface area contributed by atoms with E-state index in [0.29, 0.717) is 5.56 Å². The first-order valence-electron chi connectivity index (χ1n) is 6.01. The molecule has 2 aromatic carbocycles. The summed E-state index contributed by atoms with van der Waals surface area (Å²) in [5.41, 5.74) is 0.537. The first-order valence-corrected chi connectivity index (χ1v) is 6.81. The van der Waals surface area contributed by atoms with E-state index in [1.54, 1.807) is 0 Å². The smallest absolute Gasteiger partial charge is 0.143 e. The van der Waals surface area contributed by atoms with Crippen LogP contribution in [0.25, 0.3) is 0 Å². The van der Waals surface area contributed by atoms with E-state index in [2.05, 4.69) is 15.9 Å². The molecule has 0 heterocycles. The molecule has 1 atom stereocenters. The van der Waals surface area contributed by atoms with Crippen molar-refractivity contribution in [3.63, 3.8) is 0 Å². The largest absolute Gasteiger partial charge is 0.396 e. The van der Waals surface area contributed by atoms with Gasteiger partial charge in [0.1, 0.15) is 17.5 Å². The van der Waals surface area contributed by atoms with Gasteiger partial charge < -0.3 is 5.11 Å². The molecule has 0 saturated heterocycles. The minimum atomic E-state index is -0.675. The molecule has 1 N–H and O–H groups in total. The van der Waals surface area contributed by atoms with Crippen LogP contribution < -0.4 is 0 Å². The summed E-state index contributed by atoms with van der Waals surface area (Å²) in [6.45, 7) is -0.281. The summed E-state index contributed by atoms with van der Waals surface area (Å²) in [5, 5.41) is 9.41. The Hall–Kier alpha value is -1.33. The molecule has 0 aliphatic carbocycles. The molecule has 5 heteroatoms. The topological polar surface area (TPSA) is 20.2 Å². The maximum atomic E-state index is 13.9. The van der Waals surface area contributed by atoms with Gasteiger partial charge in [0.15, 0.2) is 0 Å². The maximum Gasteiger partial charge on any atom is 0.143 e. The van der Waals surface area contributed by atoms with Gasteiger partial charge in [0, 0.05) is 11.5 Å². The van der Waals surface area contributed by atoms with Crippen LogP contribution in [0.15, 0.2) is 40.9 Å². The fraction of sp³-hybridized carbons (Fsp3) is 0.200. The number of aliphatic hydroxyl groups excluding tert-OH is 1. The molecule has 20 heavy (non-hydrogen) atoms. The molecule has 0 radical (unpaired) electrons. The lowest BCUT2D eigenvalue weighted by Gasteiger charge is -2.16. The number of benzene rings is 2. The summed E-state index contributed by atoms with van der Waals surface area (Å²) in [5.74, 6) is -2.23. The van der Waals surface area contributed by atoms with Gasteiger partial charge in [-0.15, -0.1) is 0 Å². The highest BCUT2D eigenvalue weighted by Gasteiger charge is 2.18. The van der Waals surface area contributed by atoms with Crippen molar-refractivity contribution in [1.82, 2.24) is 0 Å². The van der Waals surface area contributed by atoms with Crippen LogP contribution in [-0.2, 0) is 6.42 Å². The molecule has 106 valence electrons. The van der Waals surface area contributed by atoms with Crippen LogP contribution in [0.3, 0.4) is 0 Å². The van der Waals surface area contributed by atoms with Gasteiger partial charge >= 0.3 is 0 Å². The van der Waals surface area contributed by atoms with E-state index in [9.17, 15) is 18.3 Å². The number of hydrogen-bond acceptors (Lipinski definition) is 1. The Bertz CT molecular complexity index is 599. The predicted molar refractivity (Wildman–Crippen MR) is 74.0 cm³/mol. The highest BCUT2D eigenvalue weighted by molar-refractivity contribution is 9.10. The van der Waals surface area contributed by atoms with E-state index < -0.39 is 23.4 Å². The molecule has 0 aromatic heterocycles. The minimum absolute atomic E-state index is 0.000755. The van der Waals surface area contributed by atoms with Crippen LogP contribution in [0, 0.1) is 17.5 Å². The molecule has 0 aliphatic heterocycles. The highest BCUT2D eigenvalue weighted by atomic mass is 79.9. The second-order valence-electron chi connectivity index (χ2n) is 4.46. The zero-order valence-electron chi connectivity index (χ0n) is 10.4. The summed E-state index contributed by atoms with van der Waals surface area (Å²) in [6, 6.07) is 7.98. The second kappa shape index (κ2) is 6.41. The zero-order chi connectivity index (χ0) is 14.7. The number of halogens is 4. The van der Waals surface area contributed by atoms with Crippen LogP contribution in [-0.4, -0.2) is 11.7 Å². The quantitative estimate of drug-likeness (QED) is 0.824. The van der Waals surface area contributed by atoms with Gasteiger partial charge in [-0.2, -0.15) is 0 Å².